The summed E-state index contributed by atoms with van der Waals surface area (Å²) >= 11 is 1.61. The summed E-state index contributed by atoms with van der Waals surface area (Å²) in [4.78, 5) is 32.8. The number of Topliss-reactive ketones (excluding diaryl/α,β-unsaturated/α-hetero) is 1. The van der Waals surface area contributed by atoms with Gasteiger partial charge in [0.2, 0.25) is 5.91 Å². The van der Waals surface area contributed by atoms with Gasteiger partial charge in [0.25, 0.3) is 0 Å². The van der Waals surface area contributed by atoms with Gasteiger partial charge in [0.15, 0.2) is 5.78 Å². The van der Waals surface area contributed by atoms with Crippen molar-refractivity contribution in [2.24, 2.45) is 0 Å². The lowest BCUT2D eigenvalue weighted by atomic mass is 9.99. The first kappa shape index (κ1) is 21.4. The van der Waals surface area contributed by atoms with Gasteiger partial charge in [0.05, 0.1) is 40.3 Å². The zero-order valence-corrected chi connectivity index (χ0v) is 18.3. The predicted octanol–water partition coefficient (Wildman–Crippen LogP) is 3.37. The number of carbonyl (C=O) groups is 2. The normalized spacial score (nSPS) is 19.5. The first-order chi connectivity index (χ1) is 14.9. The van der Waals surface area contributed by atoms with Crippen molar-refractivity contribution in [1.29, 1.82) is 0 Å². The summed E-state index contributed by atoms with van der Waals surface area (Å²) in [6.07, 6.45) is 1.98. The summed E-state index contributed by atoms with van der Waals surface area (Å²) in [7, 11) is 0. The number of benzene rings is 1. The fourth-order valence-corrected chi connectivity index (χ4v) is 4.83. The second-order valence-electron chi connectivity index (χ2n) is 7.96. The highest BCUT2D eigenvalue weighted by molar-refractivity contribution is 7.13. The molecular formula is C23H25N3O4S. The van der Waals surface area contributed by atoms with E-state index in [0.29, 0.717) is 18.6 Å². The van der Waals surface area contributed by atoms with Crippen LogP contribution in [0.2, 0.25) is 0 Å². The van der Waals surface area contributed by atoms with Crippen LogP contribution in [-0.2, 0) is 16.0 Å². The number of nitrogens with zero attached hydrogens (tertiary/aromatic N) is 3. The van der Waals surface area contributed by atoms with Crippen molar-refractivity contribution < 1.29 is 19.2 Å². The number of thiazole rings is 1. The van der Waals surface area contributed by atoms with Crippen LogP contribution in [0.25, 0.3) is 10.4 Å². The molecule has 2 aromatic heterocycles. The molecule has 3 atom stereocenters. The fraction of sp³-hybridized carbons (Fsp3) is 0.391. The van der Waals surface area contributed by atoms with Crippen molar-refractivity contribution in [2.45, 2.75) is 51.2 Å². The van der Waals surface area contributed by atoms with Crippen LogP contribution < -0.4 is 0 Å². The molecule has 31 heavy (non-hydrogen) atoms. The van der Waals surface area contributed by atoms with Gasteiger partial charge in [0.1, 0.15) is 5.76 Å². The van der Waals surface area contributed by atoms with Gasteiger partial charge in [-0.05, 0) is 31.4 Å². The lowest BCUT2D eigenvalue weighted by Gasteiger charge is -2.25. The highest BCUT2D eigenvalue weighted by Crippen LogP contribution is 2.28. The molecule has 162 valence electrons. The molecule has 1 aromatic carbocycles. The van der Waals surface area contributed by atoms with Gasteiger partial charge < -0.3 is 14.5 Å². The van der Waals surface area contributed by atoms with E-state index in [1.165, 1.54) is 11.1 Å². The molecule has 1 amide bonds. The number of aryl methyl sites for hydroxylation is 2. The molecule has 1 N–H and O–H groups in total. The molecule has 3 aromatic rings. The standard InChI is InChI=1S/C23H25N3O4S/c1-14(21-9-10-25-30-21)23(29)26-12-18(27)11-19(26)20(28)8-5-16-3-6-17(7-4-16)22-15(2)24-13-31-22/h3-4,6-7,9-10,13-14,18-19,27H,5,8,11-12H2,1-2H3/t14-,18+,19-/m0/s1. The molecule has 0 bridgehead atoms. The van der Waals surface area contributed by atoms with Gasteiger partial charge in [-0.25, -0.2) is 4.98 Å². The van der Waals surface area contributed by atoms with E-state index in [9.17, 15) is 14.7 Å². The van der Waals surface area contributed by atoms with Crippen LogP contribution in [0.15, 0.2) is 46.6 Å². The van der Waals surface area contributed by atoms with E-state index in [1.54, 1.807) is 24.3 Å². The number of aliphatic hydroxyl groups excluding tert-OH is 1. The Hall–Kier alpha value is -2.84. The second kappa shape index (κ2) is 9.11. The van der Waals surface area contributed by atoms with Gasteiger partial charge in [-0.1, -0.05) is 29.4 Å². The molecule has 1 fully saturated rings. The van der Waals surface area contributed by atoms with E-state index in [1.807, 2.05) is 24.6 Å². The monoisotopic (exact) mass is 439 g/mol. The summed E-state index contributed by atoms with van der Waals surface area (Å²) in [5, 5.41) is 13.8. The topological polar surface area (TPSA) is 96.5 Å². The van der Waals surface area contributed by atoms with Gasteiger partial charge in [-0.15, -0.1) is 11.3 Å². The minimum atomic E-state index is -0.693. The van der Waals surface area contributed by atoms with Crippen LogP contribution in [0, 0.1) is 6.92 Å². The van der Waals surface area contributed by atoms with E-state index >= 15 is 0 Å². The Bertz CT molecular complexity index is 1050. The Labute approximate surface area is 184 Å². The number of hydrogen-bond acceptors (Lipinski definition) is 7. The average Bonchev–Trinajstić information content (AvgIpc) is 3.52. The number of aromatic nitrogens is 2. The lowest BCUT2D eigenvalue weighted by molar-refractivity contribution is -0.139. The number of likely N-dealkylation sites (tertiary alicyclic amines) is 1. The third-order valence-electron chi connectivity index (χ3n) is 5.81. The Kier molecular flexibility index (Phi) is 6.29. The van der Waals surface area contributed by atoms with E-state index < -0.39 is 18.1 Å². The molecule has 0 radical (unpaired) electrons. The minimum absolute atomic E-state index is 0.0305. The predicted molar refractivity (Wildman–Crippen MR) is 117 cm³/mol. The summed E-state index contributed by atoms with van der Waals surface area (Å²) in [6.45, 7) is 3.88. The van der Waals surface area contributed by atoms with Crippen LogP contribution in [0.1, 0.15) is 42.7 Å². The molecule has 1 aliphatic rings. The number of aliphatic hydroxyl groups is 1. The summed E-state index contributed by atoms with van der Waals surface area (Å²) < 4.78 is 5.10. The highest BCUT2D eigenvalue weighted by atomic mass is 32.1. The van der Waals surface area contributed by atoms with Crippen LogP contribution >= 0.6 is 11.3 Å². The summed E-state index contributed by atoms with van der Waals surface area (Å²) in [6, 6.07) is 9.19. The average molecular weight is 440 g/mol. The Morgan fingerprint density at radius 2 is 2.06 bits per heavy atom. The van der Waals surface area contributed by atoms with E-state index in [4.69, 9.17) is 4.52 Å². The first-order valence-electron chi connectivity index (χ1n) is 10.3. The SMILES string of the molecule is Cc1ncsc1-c1ccc(CCC(=O)[C@@H]2C[C@@H](O)CN2C(=O)[C@@H](C)c2ccno2)cc1. The quantitative estimate of drug-likeness (QED) is 0.606. The van der Waals surface area contributed by atoms with E-state index in [0.717, 1.165) is 21.7 Å². The first-order valence-corrected chi connectivity index (χ1v) is 11.2. The molecule has 0 spiro atoms. The van der Waals surface area contributed by atoms with E-state index in [2.05, 4.69) is 22.3 Å². The lowest BCUT2D eigenvalue weighted by Crippen LogP contribution is -2.42. The smallest absolute Gasteiger partial charge is 0.233 e. The highest BCUT2D eigenvalue weighted by Gasteiger charge is 2.40. The van der Waals surface area contributed by atoms with Crippen molar-refractivity contribution in [3.63, 3.8) is 0 Å². The Balaban J connectivity index is 1.39. The number of hydrogen-bond donors (Lipinski definition) is 1. The molecule has 0 unspecified atom stereocenters. The van der Waals surface area contributed by atoms with Crippen molar-refractivity contribution in [3.05, 3.63) is 59.1 Å². The van der Waals surface area contributed by atoms with Crippen LogP contribution in [0.3, 0.4) is 0 Å². The van der Waals surface area contributed by atoms with Gasteiger partial charge in [-0.2, -0.15) is 0 Å². The van der Waals surface area contributed by atoms with Gasteiger partial charge in [-0.3, -0.25) is 9.59 Å². The molecule has 8 heteroatoms. The zero-order chi connectivity index (χ0) is 22.0. The van der Waals surface area contributed by atoms with Gasteiger partial charge in [0, 0.05) is 25.5 Å². The summed E-state index contributed by atoms with van der Waals surface area (Å²) in [5.41, 5.74) is 5.03. The number of β-amino-alcohol motifs (C(OH)–C–C–N with tert-alkyl or cyclic N) is 1. The zero-order valence-electron chi connectivity index (χ0n) is 17.5. The molecule has 4 rings (SSSR count). The third kappa shape index (κ3) is 4.60. The molecule has 0 saturated carbocycles. The van der Waals surface area contributed by atoms with Crippen LogP contribution in [0.4, 0.5) is 0 Å². The molecule has 0 aliphatic carbocycles. The fourth-order valence-electron chi connectivity index (χ4n) is 4.02. The van der Waals surface area contributed by atoms with Crippen LogP contribution in [-0.4, -0.2) is 50.5 Å². The molecule has 1 saturated heterocycles. The van der Waals surface area contributed by atoms with Crippen LogP contribution in [0.5, 0.6) is 0 Å². The minimum Gasteiger partial charge on any atom is -0.391 e. The third-order valence-corrected chi connectivity index (χ3v) is 6.79. The van der Waals surface area contributed by atoms with Crippen molar-refractivity contribution in [3.8, 4) is 10.4 Å². The molecule has 1 aliphatic heterocycles. The maximum atomic E-state index is 12.9. The van der Waals surface area contributed by atoms with Crippen molar-refractivity contribution >= 4 is 23.0 Å². The number of ketones is 1. The maximum Gasteiger partial charge on any atom is 0.233 e. The largest absolute Gasteiger partial charge is 0.391 e. The van der Waals surface area contributed by atoms with Gasteiger partial charge >= 0.3 is 0 Å². The van der Waals surface area contributed by atoms with E-state index in [-0.39, 0.29) is 24.7 Å². The molecule has 3 heterocycles. The number of amides is 1. The number of rotatable bonds is 7. The second-order valence-corrected chi connectivity index (χ2v) is 8.82. The Morgan fingerprint density at radius 1 is 1.29 bits per heavy atom. The maximum absolute atomic E-state index is 12.9. The molecule has 7 nitrogen and oxygen atoms in total. The number of carbonyl (C=O) groups excluding carboxylic acids is 2. The summed E-state index contributed by atoms with van der Waals surface area (Å²) in [5.74, 6) is -0.354. The molecular weight excluding hydrogens is 414 g/mol. The Morgan fingerprint density at radius 3 is 2.71 bits per heavy atom. The van der Waals surface area contributed by atoms with Crippen molar-refractivity contribution in [2.75, 3.05) is 6.54 Å². The van der Waals surface area contributed by atoms with Crippen molar-refractivity contribution in [1.82, 2.24) is 15.0 Å².